The van der Waals surface area contributed by atoms with E-state index < -0.39 is 12.0 Å². The number of imidazole rings is 1. The first kappa shape index (κ1) is 27.3. The molecule has 0 aliphatic heterocycles. The second kappa shape index (κ2) is 12.1. The van der Waals surface area contributed by atoms with E-state index in [2.05, 4.69) is 29.5 Å². The minimum atomic E-state index is -0.619. The van der Waals surface area contributed by atoms with Gasteiger partial charge in [0, 0.05) is 18.0 Å². The number of fused-ring (bicyclic) bond motifs is 1. The SMILES string of the molecule is CCNC(CC(C)C)C(=O)NC(CC(=O)OCC)c1cc(-c2c(C)cc(F)cc2C)n2ccnc2c1. The van der Waals surface area contributed by atoms with Crippen LogP contribution in [0.3, 0.4) is 0 Å². The van der Waals surface area contributed by atoms with Gasteiger partial charge in [0.1, 0.15) is 11.5 Å². The highest BCUT2D eigenvalue weighted by atomic mass is 19.1. The maximum atomic E-state index is 14.0. The van der Waals surface area contributed by atoms with E-state index in [-0.39, 0.29) is 30.8 Å². The highest BCUT2D eigenvalue weighted by Crippen LogP contribution is 2.32. The number of aromatic nitrogens is 2. The Kier molecular flexibility index (Phi) is 9.20. The fraction of sp³-hybridized carbons (Fsp3) is 0.464. The molecule has 0 aliphatic rings. The van der Waals surface area contributed by atoms with Crippen molar-refractivity contribution in [2.45, 2.75) is 66.5 Å². The summed E-state index contributed by atoms with van der Waals surface area (Å²) in [5, 5.41) is 6.34. The number of hydrogen-bond acceptors (Lipinski definition) is 5. The number of carbonyl (C=O) groups excluding carboxylic acids is 2. The molecule has 2 heterocycles. The third kappa shape index (κ3) is 6.49. The van der Waals surface area contributed by atoms with Crippen LogP contribution in [-0.4, -0.2) is 40.5 Å². The van der Waals surface area contributed by atoms with Crippen molar-refractivity contribution in [3.63, 3.8) is 0 Å². The van der Waals surface area contributed by atoms with E-state index in [1.54, 1.807) is 13.1 Å². The Labute approximate surface area is 212 Å². The molecule has 194 valence electrons. The molecule has 8 heteroatoms. The number of nitrogens with one attached hydrogen (secondary N) is 2. The molecule has 0 aliphatic carbocycles. The van der Waals surface area contributed by atoms with Crippen molar-refractivity contribution in [1.29, 1.82) is 0 Å². The number of halogens is 1. The molecule has 1 amide bonds. The molecule has 2 atom stereocenters. The van der Waals surface area contributed by atoms with Crippen LogP contribution < -0.4 is 10.6 Å². The van der Waals surface area contributed by atoms with Gasteiger partial charge in [-0.1, -0.05) is 20.8 Å². The monoisotopic (exact) mass is 496 g/mol. The number of benzene rings is 1. The zero-order chi connectivity index (χ0) is 26.4. The van der Waals surface area contributed by atoms with Crippen LogP contribution in [0.5, 0.6) is 0 Å². The lowest BCUT2D eigenvalue weighted by atomic mass is 9.95. The summed E-state index contributed by atoms with van der Waals surface area (Å²) in [4.78, 5) is 30.3. The van der Waals surface area contributed by atoms with Crippen LogP contribution in [0, 0.1) is 25.6 Å². The maximum absolute atomic E-state index is 14.0. The Morgan fingerprint density at radius 3 is 2.42 bits per heavy atom. The highest BCUT2D eigenvalue weighted by molar-refractivity contribution is 5.83. The molecule has 0 bridgehead atoms. The maximum Gasteiger partial charge on any atom is 0.308 e. The average molecular weight is 497 g/mol. The van der Waals surface area contributed by atoms with E-state index in [0.717, 1.165) is 27.9 Å². The van der Waals surface area contributed by atoms with E-state index in [4.69, 9.17) is 4.74 Å². The topological polar surface area (TPSA) is 84.7 Å². The van der Waals surface area contributed by atoms with Crippen molar-refractivity contribution in [1.82, 2.24) is 20.0 Å². The van der Waals surface area contributed by atoms with Gasteiger partial charge < -0.3 is 15.4 Å². The summed E-state index contributed by atoms with van der Waals surface area (Å²) in [5.41, 5.74) is 4.66. The number of aryl methyl sites for hydroxylation is 2. The predicted molar refractivity (Wildman–Crippen MR) is 139 cm³/mol. The van der Waals surface area contributed by atoms with Crippen molar-refractivity contribution in [2.24, 2.45) is 5.92 Å². The molecule has 36 heavy (non-hydrogen) atoms. The van der Waals surface area contributed by atoms with Crippen LogP contribution in [0.25, 0.3) is 16.9 Å². The van der Waals surface area contributed by atoms with Gasteiger partial charge in [-0.15, -0.1) is 0 Å². The smallest absolute Gasteiger partial charge is 0.308 e. The lowest BCUT2D eigenvalue weighted by Crippen LogP contribution is -2.46. The Morgan fingerprint density at radius 1 is 1.11 bits per heavy atom. The molecule has 0 radical (unpaired) electrons. The predicted octanol–water partition coefficient (Wildman–Crippen LogP) is 4.89. The van der Waals surface area contributed by atoms with E-state index in [1.807, 2.05) is 43.5 Å². The Bertz CT molecular complexity index is 1200. The molecule has 1 aromatic carbocycles. The van der Waals surface area contributed by atoms with E-state index in [1.165, 1.54) is 12.1 Å². The zero-order valence-corrected chi connectivity index (χ0v) is 22.0. The average Bonchev–Trinajstić information content (AvgIpc) is 3.26. The molecule has 0 spiro atoms. The van der Waals surface area contributed by atoms with Crippen molar-refractivity contribution in [2.75, 3.05) is 13.2 Å². The Balaban J connectivity index is 2.09. The van der Waals surface area contributed by atoms with E-state index >= 15 is 0 Å². The van der Waals surface area contributed by atoms with Crippen LogP contribution in [0.15, 0.2) is 36.7 Å². The summed E-state index contributed by atoms with van der Waals surface area (Å²) in [6.07, 6.45) is 4.20. The first-order chi connectivity index (χ1) is 17.1. The fourth-order valence-electron chi connectivity index (χ4n) is 4.66. The van der Waals surface area contributed by atoms with Gasteiger partial charge in [-0.25, -0.2) is 9.37 Å². The van der Waals surface area contributed by atoms with Crippen molar-refractivity contribution in [3.8, 4) is 11.3 Å². The standard InChI is InChI=1S/C28H37FN4O3/c1-7-30-23(11-17(3)4)28(35)32-22(16-26(34)36-8-2)20-14-24(33-10-9-31-25(33)15-20)27-18(5)12-21(29)13-19(27)6/h9-10,12-15,17,22-23,30H,7-8,11,16H2,1-6H3,(H,32,35). The molecular formula is C28H37FN4O3. The number of nitrogens with zero attached hydrogens (tertiary/aromatic N) is 2. The molecule has 3 rings (SSSR count). The van der Waals surface area contributed by atoms with Crippen LogP contribution >= 0.6 is 0 Å². The first-order valence-corrected chi connectivity index (χ1v) is 12.6. The van der Waals surface area contributed by atoms with Crippen molar-refractivity contribution < 1.29 is 18.7 Å². The normalized spacial score (nSPS) is 13.1. The van der Waals surface area contributed by atoms with Crippen molar-refractivity contribution >= 4 is 17.5 Å². The van der Waals surface area contributed by atoms with E-state index in [0.29, 0.717) is 24.5 Å². The minimum Gasteiger partial charge on any atom is -0.466 e. The zero-order valence-electron chi connectivity index (χ0n) is 22.0. The number of hydrogen-bond donors (Lipinski definition) is 2. The van der Waals surface area contributed by atoms with Gasteiger partial charge in [-0.3, -0.25) is 14.0 Å². The third-order valence-corrected chi connectivity index (χ3v) is 6.15. The molecule has 2 N–H and O–H groups in total. The lowest BCUT2D eigenvalue weighted by molar-refractivity contribution is -0.143. The van der Waals surface area contributed by atoms with Crippen LogP contribution in [0.1, 0.15) is 63.3 Å². The number of likely N-dealkylation sites (N-methyl/N-ethyl adjacent to an activating group) is 1. The molecule has 0 saturated carbocycles. The molecule has 0 saturated heterocycles. The van der Waals surface area contributed by atoms with Crippen LogP contribution in [0.2, 0.25) is 0 Å². The summed E-state index contributed by atoms with van der Waals surface area (Å²) in [6.45, 7) is 12.5. The van der Waals surface area contributed by atoms with Gasteiger partial charge in [-0.2, -0.15) is 0 Å². The van der Waals surface area contributed by atoms with Crippen LogP contribution in [0.4, 0.5) is 4.39 Å². The molecule has 2 aromatic heterocycles. The molecule has 2 unspecified atom stereocenters. The summed E-state index contributed by atoms with van der Waals surface area (Å²) in [7, 11) is 0. The lowest BCUT2D eigenvalue weighted by Gasteiger charge is -2.25. The molecule has 7 nitrogen and oxygen atoms in total. The van der Waals surface area contributed by atoms with Gasteiger partial charge in [0.15, 0.2) is 0 Å². The molecule has 3 aromatic rings. The van der Waals surface area contributed by atoms with Crippen LogP contribution in [-0.2, 0) is 14.3 Å². The van der Waals surface area contributed by atoms with Crippen molar-refractivity contribution in [3.05, 3.63) is 59.2 Å². The van der Waals surface area contributed by atoms with Gasteiger partial charge >= 0.3 is 5.97 Å². The molecular weight excluding hydrogens is 459 g/mol. The number of pyridine rings is 1. The summed E-state index contributed by atoms with van der Waals surface area (Å²) in [6, 6.07) is 5.82. The number of rotatable bonds is 11. The Morgan fingerprint density at radius 2 is 1.81 bits per heavy atom. The summed E-state index contributed by atoms with van der Waals surface area (Å²) in [5.74, 6) is -0.538. The summed E-state index contributed by atoms with van der Waals surface area (Å²) < 4.78 is 21.2. The second-order valence-corrected chi connectivity index (χ2v) is 9.55. The number of ether oxygens (including phenoxy) is 1. The third-order valence-electron chi connectivity index (χ3n) is 6.15. The highest BCUT2D eigenvalue weighted by Gasteiger charge is 2.26. The van der Waals surface area contributed by atoms with Gasteiger partial charge in [0.25, 0.3) is 0 Å². The van der Waals surface area contributed by atoms with E-state index in [9.17, 15) is 14.0 Å². The summed E-state index contributed by atoms with van der Waals surface area (Å²) >= 11 is 0. The fourth-order valence-corrected chi connectivity index (χ4v) is 4.66. The van der Waals surface area contributed by atoms with Gasteiger partial charge in [-0.05, 0) is 80.6 Å². The number of amides is 1. The quantitative estimate of drug-likeness (QED) is 0.369. The minimum absolute atomic E-state index is 0.0161. The van der Waals surface area contributed by atoms with Gasteiger partial charge in [0.2, 0.25) is 5.91 Å². The molecule has 0 fully saturated rings. The van der Waals surface area contributed by atoms with Gasteiger partial charge in [0.05, 0.1) is 30.8 Å². The largest absolute Gasteiger partial charge is 0.466 e. The first-order valence-electron chi connectivity index (χ1n) is 12.6. The second-order valence-electron chi connectivity index (χ2n) is 9.55. The number of carbonyl (C=O) groups is 2. The number of esters is 1. The Hall–Kier alpha value is -3.26.